The quantitative estimate of drug-likeness (QED) is 0.320. The Labute approximate surface area is 236 Å². The Morgan fingerprint density at radius 2 is 1.66 bits per heavy atom. The smallest absolute Gasteiger partial charge is 0.123 e. The molecule has 4 rings (SSSR count). The average molecular weight is 539 g/mol. The fourth-order valence-corrected chi connectivity index (χ4v) is 4.26. The van der Waals surface area contributed by atoms with Crippen LogP contribution in [0, 0.1) is 17.7 Å². The maximum atomic E-state index is 12.7. The summed E-state index contributed by atoms with van der Waals surface area (Å²) in [5.74, 6) is 1.48. The number of H-pyrrole nitrogens is 1. The first-order valence-corrected chi connectivity index (χ1v) is 14.1. The van der Waals surface area contributed by atoms with Gasteiger partial charge >= 0.3 is 0 Å². The van der Waals surface area contributed by atoms with Crippen molar-refractivity contribution in [2.75, 3.05) is 20.1 Å². The van der Waals surface area contributed by atoms with Crippen molar-refractivity contribution in [2.24, 2.45) is 11.8 Å². The first kappa shape index (κ1) is 33.4. The molecule has 0 radical (unpaired) electrons. The molecule has 0 saturated carbocycles. The van der Waals surface area contributed by atoms with Gasteiger partial charge < -0.3 is 9.88 Å². The van der Waals surface area contributed by atoms with E-state index in [1.165, 1.54) is 31.5 Å². The van der Waals surface area contributed by atoms with Crippen LogP contribution in [0.3, 0.4) is 0 Å². The van der Waals surface area contributed by atoms with Crippen LogP contribution < -0.4 is 0 Å². The van der Waals surface area contributed by atoms with Crippen molar-refractivity contribution in [3.63, 3.8) is 0 Å². The number of fused-ring (bicyclic) bond motifs is 1. The van der Waals surface area contributed by atoms with E-state index in [-0.39, 0.29) is 5.82 Å². The summed E-state index contributed by atoms with van der Waals surface area (Å²) < 4.78 is 12.7. The van der Waals surface area contributed by atoms with E-state index in [9.17, 15) is 4.39 Å². The zero-order chi connectivity index (χ0) is 28.8. The summed E-state index contributed by atoms with van der Waals surface area (Å²) in [4.78, 5) is 5.57. The molecule has 4 heteroatoms. The number of halogens is 2. The number of allylic oxidation sites excluding steroid dienone is 2. The molecular weight excluding hydrogens is 491 g/mol. The molecular formula is C34H48ClFN2. The molecule has 0 unspecified atom stereocenters. The van der Waals surface area contributed by atoms with Crippen LogP contribution in [0.5, 0.6) is 0 Å². The highest BCUT2D eigenvalue weighted by Crippen LogP contribution is 2.31. The number of rotatable bonds is 5. The van der Waals surface area contributed by atoms with Gasteiger partial charge in [-0.3, -0.25) is 0 Å². The zero-order valence-corrected chi connectivity index (χ0v) is 25.4. The van der Waals surface area contributed by atoms with Crippen LogP contribution >= 0.6 is 11.6 Å². The molecule has 0 aliphatic carbocycles. The van der Waals surface area contributed by atoms with Crippen LogP contribution in [-0.4, -0.2) is 30.0 Å². The second-order valence-corrected chi connectivity index (χ2v) is 10.8. The Bertz CT molecular complexity index is 1150. The van der Waals surface area contributed by atoms with Gasteiger partial charge in [-0.25, -0.2) is 4.39 Å². The molecule has 1 saturated heterocycles. The highest BCUT2D eigenvalue weighted by atomic mass is 35.5. The van der Waals surface area contributed by atoms with E-state index >= 15 is 0 Å². The summed E-state index contributed by atoms with van der Waals surface area (Å²) in [6, 6.07) is 10.9. The topological polar surface area (TPSA) is 19.0 Å². The molecule has 1 aliphatic heterocycles. The predicted molar refractivity (Wildman–Crippen MR) is 169 cm³/mol. The van der Waals surface area contributed by atoms with E-state index in [1.807, 2.05) is 51.2 Å². The lowest BCUT2D eigenvalue weighted by Gasteiger charge is -2.28. The van der Waals surface area contributed by atoms with Crippen molar-refractivity contribution in [1.82, 2.24) is 9.88 Å². The van der Waals surface area contributed by atoms with E-state index in [2.05, 4.69) is 57.4 Å². The Morgan fingerprint density at radius 1 is 1.11 bits per heavy atom. The van der Waals surface area contributed by atoms with Crippen LogP contribution in [0.25, 0.3) is 22.6 Å². The minimum absolute atomic E-state index is 0.137. The lowest BCUT2D eigenvalue weighted by Crippen LogP contribution is -2.30. The number of aromatic nitrogens is 1. The first-order valence-electron chi connectivity index (χ1n) is 13.7. The highest BCUT2D eigenvalue weighted by Gasteiger charge is 2.16. The minimum Gasteiger partial charge on any atom is -0.360 e. The second-order valence-electron chi connectivity index (χ2n) is 10.4. The summed E-state index contributed by atoms with van der Waals surface area (Å²) in [5, 5.41) is 1.79. The molecule has 3 aromatic rings. The van der Waals surface area contributed by atoms with E-state index < -0.39 is 0 Å². The molecule has 0 spiro atoms. The fraction of sp³-hybridized carbons (Fsp3) is 0.412. The maximum absolute atomic E-state index is 12.7. The molecule has 2 nitrogen and oxygen atoms in total. The second kappa shape index (κ2) is 17.1. The maximum Gasteiger partial charge on any atom is 0.123 e. The number of hydrogen-bond donors (Lipinski definition) is 1. The SMILES string of the molecule is C=Cc1cc2c(C(=C)C(=C)C)c[nH]c2cc1Cl.CC.CC(C)C.CN1CCC(Cc2ccc(F)cc2)CC1. The zero-order valence-electron chi connectivity index (χ0n) is 24.6. The van der Waals surface area contributed by atoms with Gasteiger partial charge in [-0.15, -0.1) is 0 Å². The molecule has 2 heterocycles. The number of nitrogens with one attached hydrogen (secondary N) is 1. The van der Waals surface area contributed by atoms with Gasteiger partial charge in [-0.05, 0) is 99.1 Å². The van der Waals surface area contributed by atoms with Crippen molar-refractivity contribution < 1.29 is 4.39 Å². The highest BCUT2D eigenvalue weighted by molar-refractivity contribution is 6.33. The number of piperidine rings is 1. The molecule has 38 heavy (non-hydrogen) atoms. The third kappa shape index (κ3) is 11.0. The Balaban J connectivity index is 0.000000317. The molecule has 208 valence electrons. The van der Waals surface area contributed by atoms with Crippen molar-refractivity contribution in [3.8, 4) is 0 Å². The molecule has 0 amide bonds. The molecule has 0 bridgehead atoms. The van der Waals surface area contributed by atoms with E-state index in [0.29, 0.717) is 5.02 Å². The van der Waals surface area contributed by atoms with E-state index in [1.54, 1.807) is 18.2 Å². The van der Waals surface area contributed by atoms with E-state index in [4.69, 9.17) is 11.6 Å². The number of likely N-dealkylation sites (tertiary alicyclic amines) is 1. The van der Waals surface area contributed by atoms with Gasteiger partial charge in [0.1, 0.15) is 5.82 Å². The van der Waals surface area contributed by atoms with Gasteiger partial charge in [0.05, 0.1) is 0 Å². The van der Waals surface area contributed by atoms with Crippen LogP contribution in [0.2, 0.25) is 5.02 Å². The van der Waals surface area contributed by atoms with Crippen molar-refractivity contribution in [2.45, 2.75) is 60.8 Å². The number of aromatic amines is 1. The standard InChI is InChI=1S/C15H14ClN.C13H18FN.C4H10.C2H6/c1-5-11-6-12-13(10(4)9(2)3)8-17-15(12)7-14(11)16;1-15-8-6-12(7-9-15)10-11-2-4-13(14)5-3-11;1-4(2)3;1-2/h5-8,17H,1-2,4H2,3H3;2-5,12H,6-10H2,1H3;4H,1-3H3;1-2H3. The third-order valence-electron chi connectivity index (χ3n) is 6.13. The molecule has 1 aromatic heterocycles. The number of benzene rings is 2. The minimum atomic E-state index is -0.137. The van der Waals surface area contributed by atoms with Gasteiger partial charge in [0.15, 0.2) is 0 Å². The Kier molecular flexibility index (Phi) is 15.0. The molecule has 1 fully saturated rings. The monoisotopic (exact) mass is 538 g/mol. The van der Waals surface area contributed by atoms with Gasteiger partial charge in [-0.2, -0.15) is 0 Å². The Morgan fingerprint density at radius 3 is 2.16 bits per heavy atom. The molecule has 1 aliphatic rings. The normalized spacial score (nSPS) is 13.4. The summed E-state index contributed by atoms with van der Waals surface area (Å²) >= 11 is 6.12. The van der Waals surface area contributed by atoms with Gasteiger partial charge in [0, 0.05) is 27.7 Å². The third-order valence-corrected chi connectivity index (χ3v) is 6.46. The summed E-state index contributed by atoms with van der Waals surface area (Å²) in [5.41, 5.74) is 6.15. The van der Waals surface area contributed by atoms with Crippen molar-refractivity contribution in [3.05, 3.63) is 95.4 Å². The van der Waals surface area contributed by atoms with E-state index in [0.717, 1.165) is 51.4 Å². The van der Waals surface area contributed by atoms with Crippen LogP contribution in [0.4, 0.5) is 4.39 Å². The predicted octanol–water partition coefficient (Wildman–Crippen LogP) is 10.5. The number of hydrogen-bond acceptors (Lipinski definition) is 1. The lowest BCUT2D eigenvalue weighted by molar-refractivity contribution is 0.219. The lowest BCUT2D eigenvalue weighted by atomic mass is 9.90. The van der Waals surface area contributed by atoms with Crippen LogP contribution in [0.1, 0.15) is 71.1 Å². The molecule has 2 aromatic carbocycles. The number of nitrogens with zero attached hydrogens (tertiary/aromatic N) is 1. The average Bonchev–Trinajstić information content (AvgIpc) is 3.29. The Hall–Kier alpha value is -2.62. The summed E-state index contributed by atoms with van der Waals surface area (Å²) in [7, 11) is 2.17. The first-order chi connectivity index (χ1) is 18.0. The fourth-order valence-electron chi connectivity index (χ4n) is 4.02. The van der Waals surface area contributed by atoms with Gasteiger partial charge in [0.2, 0.25) is 0 Å². The van der Waals surface area contributed by atoms with Crippen LogP contribution in [0.15, 0.2) is 67.9 Å². The summed E-state index contributed by atoms with van der Waals surface area (Å²) in [6.45, 7) is 26.6. The van der Waals surface area contributed by atoms with Crippen LogP contribution in [-0.2, 0) is 6.42 Å². The summed E-state index contributed by atoms with van der Waals surface area (Å²) in [6.07, 6.45) is 7.34. The largest absolute Gasteiger partial charge is 0.360 e. The van der Waals surface area contributed by atoms with Gasteiger partial charge in [0.25, 0.3) is 0 Å². The molecule has 1 N–H and O–H groups in total. The van der Waals surface area contributed by atoms with Gasteiger partial charge in [-0.1, -0.05) is 89.7 Å². The molecule has 0 atom stereocenters. The van der Waals surface area contributed by atoms with Crippen molar-refractivity contribution in [1.29, 1.82) is 0 Å². The van der Waals surface area contributed by atoms with Crippen molar-refractivity contribution >= 4 is 34.2 Å².